The summed E-state index contributed by atoms with van der Waals surface area (Å²) in [5.41, 5.74) is 2.58. The van der Waals surface area contributed by atoms with Crippen LogP contribution >= 0.6 is 0 Å². The molecule has 2 aromatic carbocycles. The smallest absolute Gasteiger partial charge is 0.255 e. The number of carbonyl (C=O) groups excluding carboxylic acids is 4. The molecule has 0 aromatic heterocycles. The van der Waals surface area contributed by atoms with Gasteiger partial charge < -0.3 is 19.3 Å². The maximum Gasteiger partial charge on any atom is 0.255 e. The first-order valence-electron chi connectivity index (χ1n) is 12.5. The highest BCUT2D eigenvalue weighted by molar-refractivity contribution is 6.05. The molecule has 5 rings (SSSR count). The van der Waals surface area contributed by atoms with Gasteiger partial charge in [-0.05, 0) is 29.7 Å². The van der Waals surface area contributed by atoms with Crippen LogP contribution < -0.4 is 10.0 Å². The summed E-state index contributed by atoms with van der Waals surface area (Å²) in [4.78, 5) is 52.2. The van der Waals surface area contributed by atoms with E-state index in [9.17, 15) is 19.2 Å². The van der Waals surface area contributed by atoms with Crippen LogP contribution in [-0.2, 0) is 38.8 Å². The zero-order valence-corrected chi connectivity index (χ0v) is 18.4. The minimum Gasteiger partial charge on any atom is -0.489 e. The molecule has 9 heteroatoms. The molecular formula is C25H25N3O6. The average Bonchev–Trinajstić information content (AvgIpc) is 3.24. The molecule has 0 radical (unpaired) electrons. The Morgan fingerprint density at radius 1 is 1.15 bits per heavy atom. The number of carbonyl (C=O) groups is 4. The Morgan fingerprint density at radius 2 is 1.94 bits per heavy atom. The van der Waals surface area contributed by atoms with E-state index in [1.807, 2.05) is 24.3 Å². The molecule has 2 aromatic rings. The molecule has 3 heterocycles. The molecule has 3 aliphatic heterocycles. The quantitative estimate of drug-likeness (QED) is 0.645. The Bertz CT molecular complexity index is 1270. The van der Waals surface area contributed by atoms with Gasteiger partial charge in [0.1, 0.15) is 25.0 Å². The maximum atomic E-state index is 13.1. The van der Waals surface area contributed by atoms with Crippen molar-refractivity contribution < 1.29 is 32.8 Å². The number of rotatable bonds is 6. The first-order chi connectivity index (χ1) is 17.7. The fourth-order valence-corrected chi connectivity index (χ4v) is 4.19. The van der Waals surface area contributed by atoms with Gasteiger partial charge in [-0.25, -0.2) is 0 Å². The minimum absolute atomic E-state index is 0.0386. The second-order valence-corrected chi connectivity index (χ2v) is 8.25. The average molecular weight is 467 g/mol. The van der Waals surface area contributed by atoms with Crippen molar-refractivity contribution >= 4 is 23.6 Å². The van der Waals surface area contributed by atoms with E-state index in [1.54, 1.807) is 23.1 Å². The SMILES string of the molecule is [2H]C1CC(=O)N([2H])C(=O)C1([2H])N1Cc2c(OCc3ccc(CN4CCOCC4=O)cc3)cccc2C1=O. The Labute approximate surface area is 200 Å². The van der Waals surface area contributed by atoms with Crippen LogP contribution in [0.1, 0.15) is 42.6 Å². The summed E-state index contributed by atoms with van der Waals surface area (Å²) in [7, 11) is 0. The van der Waals surface area contributed by atoms with E-state index >= 15 is 0 Å². The van der Waals surface area contributed by atoms with Crippen molar-refractivity contribution in [1.29, 1.82) is 0 Å². The molecule has 4 amide bonds. The Kier molecular flexibility index (Phi) is 5.09. The largest absolute Gasteiger partial charge is 0.489 e. The number of hydrogen-bond donors (Lipinski definition) is 1. The third kappa shape index (κ3) is 4.38. The first-order valence-corrected chi connectivity index (χ1v) is 11.0. The molecule has 1 N–H and O–H groups in total. The van der Waals surface area contributed by atoms with Crippen LogP contribution in [0.15, 0.2) is 42.5 Å². The lowest BCUT2D eigenvalue weighted by Crippen LogP contribution is -2.52. The van der Waals surface area contributed by atoms with Crippen LogP contribution in [0, 0.1) is 0 Å². The minimum atomic E-state index is -2.39. The standard InChI is InChI=1S/C25H25N3O6/c29-22-9-8-20(24(31)26-22)28-13-19-18(25(28)32)2-1-3-21(19)34-14-17-6-4-16(5-7-17)12-27-10-11-33-15-23(27)30/h1-7,20H,8-15H2,(H,26,29,31)/i8D,20D/hD. The zero-order valence-electron chi connectivity index (χ0n) is 21.4. The predicted octanol–water partition coefficient (Wildman–Crippen LogP) is 1.39. The molecule has 9 nitrogen and oxygen atoms in total. The molecule has 176 valence electrons. The Balaban J connectivity index is 1.28. The summed E-state index contributed by atoms with van der Waals surface area (Å²) in [5, 5.41) is 0.0738. The second kappa shape index (κ2) is 9.26. The second-order valence-electron chi connectivity index (χ2n) is 8.25. The monoisotopic (exact) mass is 466 g/mol. The van der Waals surface area contributed by atoms with Crippen molar-refractivity contribution in [2.45, 2.75) is 38.5 Å². The number of nitrogens with zero attached hydrogens (tertiary/aromatic N) is 2. The van der Waals surface area contributed by atoms with Gasteiger partial charge in [0.2, 0.25) is 17.7 Å². The van der Waals surface area contributed by atoms with E-state index in [2.05, 4.69) is 0 Å². The van der Waals surface area contributed by atoms with Gasteiger partial charge >= 0.3 is 0 Å². The summed E-state index contributed by atoms with van der Waals surface area (Å²) < 4.78 is 35.7. The van der Waals surface area contributed by atoms with Crippen molar-refractivity contribution in [3.63, 3.8) is 0 Å². The van der Waals surface area contributed by atoms with E-state index in [4.69, 9.17) is 13.6 Å². The van der Waals surface area contributed by atoms with Gasteiger partial charge in [0, 0.05) is 32.0 Å². The topological polar surface area (TPSA) is 105 Å². The van der Waals surface area contributed by atoms with Gasteiger partial charge in [-0.1, -0.05) is 30.3 Å². The highest BCUT2D eigenvalue weighted by Gasteiger charge is 2.40. The van der Waals surface area contributed by atoms with Crippen molar-refractivity contribution in [2.24, 2.45) is 0 Å². The van der Waals surface area contributed by atoms with E-state index in [-0.39, 0.29) is 36.5 Å². The number of benzene rings is 2. The molecule has 2 saturated heterocycles. The van der Waals surface area contributed by atoms with Gasteiger partial charge in [0.25, 0.3) is 5.91 Å². The van der Waals surface area contributed by atoms with Crippen LogP contribution in [0.25, 0.3) is 0 Å². The summed E-state index contributed by atoms with van der Waals surface area (Å²) in [6.07, 6.45) is -2.01. The first kappa shape index (κ1) is 18.7. The molecule has 2 unspecified atom stereocenters. The lowest BCUT2D eigenvalue weighted by atomic mass is 10.0. The maximum absolute atomic E-state index is 13.1. The fraction of sp³-hybridized carbons (Fsp3) is 0.360. The zero-order chi connectivity index (χ0) is 26.3. The Hall–Kier alpha value is -3.72. The number of fused-ring (bicyclic) bond motifs is 1. The van der Waals surface area contributed by atoms with Gasteiger partial charge in [-0.2, -0.15) is 0 Å². The van der Waals surface area contributed by atoms with Gasteiger partial charge in [0.05, 0.1) is 14.5 Å². The Morgan fingerprint density at radius 3 is 2.74 bits per heavy atom. The lowest BCUT2D eigenvalue weighted by Gasteiger charge is -2.29. The molecular weight excluding hydrogens is 438 g/mol. The van der Waals surface area contributed by atoms with Crippen LogP contribution in [0.4, 0.5) is 0 Å². The molecule has 0 spiro atoms. The molecule has 0 saturated carbocycles. The van der Waals surface area contributed by atoms with E-state index in [0.29, 0.717) is 31.0 Å². The normalized spacial score (nSPS) is 26.3. The molecule has 2 fully saturated rings. The number of ether oxygens (including phenoxy) is 2. The number of hydrogen-bond acceptors (Lipinski definition) is 6. The number of nitrogens with one attached hydrogen (secondary N) is 1. The number of amides is 4. The van der Waals surface area contributed by atoms with E-state index in [0.717, 1.165) is 16.0 Å². The molecule has 0 aliphatic carbocycles. The molecule has 2 atom stereocenters. The summed E-state index contributed by atoms with van der Waals surface area (Å²) in [6, 6.07) is 10.1. The van der Waals surface area contributed by atoms with Crippen molar-refractivity contribution in [1.82, 2.24) is 15.1 Å². The van der Waals surface area contributed by atoms with Crippen molar-refractivity contribution in [2.75, 3.05) is 19.8 Å². The van der Waals surface area contributed by atoms with Crippen LogP contribution in [0.3, 0.4) is 0 Å². The lowest BCUT2D eigenvalue weighted by molar-refractivity contribution is -0.143. The summed E-state index contributed by atoms with van der Waals surface area (Å²) in [6.45, 7) is 1.73. The fourth-order valence-electron chi connectivity index (χ4n) is 4.19. The van der Waals surface area contributed by atoms with Crippen LogP contribution in [-0.4, -0.2) is 59.2 Å². The molecule has 3 aliphatic rings. The third-order valence-electron chi connectivity index (χ3n) is 6.01. The molecule has 0 bridgehead atoms. The van der Waals surface area contributed by atoms with Gasteiger partial charge in [-0.15, -0.1) is 0 Å². The summed E-state index contributed by atoms with van der Waals surface area (Å²) >= 11 is 0. The number of piperidine rings is 1. The van der Waals surface area contributed by atoms with E-state index in [1.165, 1.54) is 0 Å². The van der Waals surface area contributed by atoms with Crippen LogP contribution in [0.5, 0.6) is 5.75 Å². The van der Waals surface area contributed by atoms with Gasteiger partial charge in [0.15, 0.2) is 1.41 Å². The summed E-state index contributed by atoms with van der Waals surface area (Å²) in [5.74, 6) is -2.34. The third-order valence-corrected chi connectivity index (χ3v) is 6.01. The van der Waals surface area contributed by atoms with Gasteiger partial charge in [-0.3, -0.25) is 24.5 Å². The highest BCUT2D eigenvalue weighted by atomic mass is 16.5. The number of imide groups is 1. The number of morpholine rings is 1. The molecule has 34 heavy (non-hydrogen) atoms. The highest BCUT2D eigenvalue weighted by Crippen LogP contribution is 2.34. The van der Waals surface area contributed by atoms with Crippen LogP contribution in [0.2, 0.25) is 1.41 Å². The van der Waals surface area contributed by atoms with Crippen molar-refractivity contribution in [3.8, 4) is 5.75 Å². The van der Waals surface area contributed by atoms with E-state index < -0.39 is 36.6 Å². The van der Waals surface area contributed by atoms with Crippen molar-refractivity contribution in [3.05, 3.63) is 64.7 Å². The predicted molar refractivity (Wildman–Crippen MR) is 119 cm³/mol.